The lowest BCUT2D eigenvalue weighted by atomic mass is 10.0. The van der Waals surface area contributed by atoms with Gasteiger partial charge in [0, 0.05) is 106 Å². The van der Waals surface area contributed by atoms with Crippen LogP contribution in [0.5, 0.6) is 23.0 Å². The topological polar surface area (TPSA) is 356 Å². The molecule has 0 unspecified atom stereocenters. The van der Waals surface area contributed by atoms with E-state index < -0.39 is 16.1 Å². The number of aliphatic hydroxyl groups is 1. The van der Waals surface area contributed by atoms with Gasteiger partial charge in [-0.1, -0.05) is 72.8 Å². The first-order valence-corrected chi connectivity index (χ1v) is 49.4. The number of rotatable bonds is 27. The fourth-order valence-corrected chi connectivity index (χ4v) is 22.3. The number of aliphatic hydroxyl groups excluding tert-OH is 1. The normalized spacial score (nSPS) is 16.2. The number of likely N-dealkylation sites (tertiary alicyclic amines) is 1. The van der Waals surface area contributed by atoms with Crippen LogP contribution in [0.25, 0.3) is 84.0 Å². The Kier molecular flexibility index (Phi) is 31.6. The summed E-state index contributed by atoms with van der Waals surface area (Å²) < 4.78 is 51.0. The van der Waals surface area contributed by atoms with Crippen LogP contribution in [0.4, 0.5) is 4.79 Å². The van der Waals surface area contributed by atoms with Crippen molar-refractivity contribution in [3.05, 3.63) is 237 Å². The van der Waals surface area contributed by atoms with Crippen molar-refractivity contribution in [2.75, 3.05) is 66.8 Å². The number of amides is 3. The Balaban J connectivity index is 0.000000142. The third-order valence-electron chi connectivity index (χ3n) is 23.2. The molecular weight excluding hydrogens is 1750 g/mol. The summed E-state index contributed by atoms with van der Waals surface area (Å²) in [6, 6.07) is 56.7. The molecule has 1 fully saturated rings. The number of nitriles is 4. The lowest BCUT2D eigenvalue weighted by molar-refractivity contribution is -0.129. The van der Waals surface area contributed by atoms with Gasteiger partial charge in [-0.3, -0.25) is 10.1 Å². The summed E-state index contributed by atoms with van der Waals surface area (Å²) in [5.74, 6) is 2.49. The van der Waals surface area contributed by atoms with Crippen molar-refractivity contribution in [1.82, 2.24) is 55.3 Å². The maximum atomic E-state index is 12.6. The maximum absolute atomic E-state index is 12.6. The molecule has 4 aromatic heterocycles. The van der Waals surface area contributed by atoms with E-state index in [1.165, 1.54) is 50.1 Å². The number of nitrogens with zero attached hydrogens (tertiary/aromatic N) is 11. The second kappa shape index (κ2) is 43.5. The zero-order chi connectivity index (χ0) is 93.6. The first-order chi connectivity index (χ1) is 63.6. The van der Waals surface area contributed by atoms with Gasteiger partial charge in [0.05, 0.1) is 90.6 Å². The van der Waals surface area contributed by atoms with Crippen molar-refractivity contribution in [3.8, 4) is 131 Å². The van der Waals surface area contributed by atoms with Crippen LogP contribution in [-0.4, -0.2) is 157 Å². The molecule has 1 aliphatic heterocycles. The van der Waals surface area contributed by atoms with E-state index >= 15 is 0 Å². The Morgan fingerprint density at radius 3 is 1.11 bits per heavy atom. The number of sulfonamides is 1. The summed E-state index contributed by atoms with van der Waals surface area (Å²) >= 11 is 6.44. The fraction of sp³-hybridized carbons (Fsp3) is 0.353. The second-order valence-corrected chi connectivity index (χ2v) is 40.6. The summed E-state index contributed by atoms with van der Waals surface area (Å²) in [5.41, 5.74) is 25.9. The molecule has 0 bridgehead atoms. The highest BCUT2D eigenvalue weighted by atomic mass is 32.2. The molecule has 132 heavy (non-hydrogen) atoms. The molecule has 0 saturated carbocycles. The van der Waals surface area contributed by atoms with Crippen LogP contribution in [-0.2, 0) is 40.5 Å². The van der Waals surface area contributed by atoms with Crippen LogP contribution in [0.1, 0.15) is 178 Å². The minimum Gasteiger partial charge on any atom is -0.490 e. The smallest absolute Gasteiger partial charge is 0.317 e. The largest absolute Gasteiger partial charge is 0.490 e. The number of urea groups is 1. The molecule has 0 spiro atoms. The number of ether oxygens (including phenoxy) is 4. The lowest BCUT2D eigenvalue weighted by Gasteiger charge is -2.19. The van der Waals surface area contributed by atoms with Gasteiger partial charge in [0.15, 0.2) is 0 Å². The predicted octanol–water partition coefficient (Wildman–Crippen LogP) is 18.9. The average molecular weight is 1860 g/mol. The SMILES string of the molecule is CC(C)Oc1ccc(-c2ncc(-c3cccc4c3CC[C@@H]4NC(=O)N(C)C)s2)cc1C#N.CC(C)Oc1ccc(-c2ncc(-c3cccc4c3CC[C@@H]4NCC(=O)N3CC[C@H](O)C3)s2)cc1C#N.CC(C)Oc1ccc(-c2ncc(-c3cccc4c3CC[C@@H]4NCN)s2)cc1C#N.CC(C)Oc1ccc(-c2ncc(-c3cccc4c3CC[C@@H]4NS(=O)(=O)CCN(C)C)s2)cc1C#N. The number of benzene rings is 8. The van der Waals surface area contributed by atoms with Gasteiger partial charge < -0.3 is 55.1 Å². The Labute approximate surface area is 789 Å². The third-order valence-corrected chi connectivity index (χ3v) is 28.9. The summed E-state index contributed by atoms with van der Waals surface area (Å²) in [6.07, 6.45) is 15.2. The van der Waals surface area contributed by atoms with E-state index in [0.717, 1.165) is 130 Å². The molecule has 5 atom stereocenters. The third kappa shape index (κ3) is 23.1. The molecule has 7 N–H and O–H groups in total. The molecule has 4 aliphatic carbocycles. The molecule has 3 amide bonds. The Morgan fingerprint density at radius 1 is 0.477 bits per heavy atom. The number of hydrogen-bond donors (Lipinski definition) is 6. The van der Waals surface area contributed by atoms with E-state index in [4.69, 9.17) is 24.7 Å². The van der Waals surface area contributed by atoms with Gasteiger partial charge in [-0.15, -0.1) is 45.3 Å². The van der Waals surface area contributed by atoms with Crippen molar-refractivity contribution < 1.29 is 42.1 Å². The monoisotopic (exact) mass is 1860 g/mol. The number of nitrogens with one attached hydrogen (secondary N) is 4. The van der Waals surface area contributed by atoms with E-state index in [-0.39, 0.29) is 66.8 Å². The highest BCUT2D eigenvalue weighted by Crippen LogP contribution is 2.47. The molecule has 5 aliphatic rings. The van der Waals surface area contributed by atoms with Gasteiger partial charge in [-0.2, -0.15) is 21.0 Å². The van der Waals surface area contributed by atoms with Crippen molar-refractivity contribution >= 4 is 67.3 Å². The van der Waals surface area contributed by atoms with E-state index in [0.29, 0.717) is 84.0 Å². The summed E-state index contributed by atoms with van der Waals surface area (Å²) in [4.78, 5) is 52.7. The van der Waals surface area contributed by atoms with Crippen LogP contribution < -0.4 is 45.4 Å². The van der Waals surface area contributed by atoms with Gasteiger partial charge >= 0.3 is 6.03 Å². The van der Waals surface area contributed by atoms with Crippen LogP contribution in [0.15, 0.2) is 170 Å². The van der Waals surface area contributed by atoms with Crippen molar-refractivity contribution in [1.29, 1.82) is 21.0 Å². The van der Waals surface area contributed by atoms with Crippen molar-refractivity contribution in [3.63, 3.8) is 0 Å². The molecule has 17 rings (SSSR count). The minimum atomic E-state index is -3.37. The summed E-state index contributed by atoms with van der Waals surface area (Å²) in [7, 11) is 3.86. The average Bonchev–Trinajstić information content (AvgIpc) is 1.65. The number of fused-ring (bicyclic) bond motifs is 4. The Hall–Kier alpha value is -12.1. The number of aromatic nitrogens is 4. The number of β-amino-alcohol motifs (C(OH)–C–C–N with tert-alkyl or cyclic N) is 1. The standard InChI is InChI=1S/C28H30N4O3S.C26H30N4O3S2.C25H26N4O2S.C23H24N4OS/c1-17(2)35-25-9-6-18(12-19(25)13-29)28-31-14-26(36-28)23-5-3-4-22-21(23)7-8-24(22)30-15-27(34)32-11-10-20(33)16-32;1-17(2)33-24-11-8-18(14-19(24)15-27)26-28-16-25(34-26)22-7-5-6-21-20(22)9-10-23(21)29-35(31,32)13-12-30(3)4;1-15(2)31-22-11-8-16(12-17(22)13-26)24-27-14-23(32-24)20-7-5-6-19-18(20)9-10-21(19)28-25(30)29(3)4;1-14(2)28-21-9-6-15(10-16(21)11-24)23-26-12-22(29-23)19-5-3-4-18-17(19)7-8-20(18)27-13-25/h3-6,9,12,14,17,20,24,30,33H,7-8,10-11,15-16H2,1-2H3;5-8,11,14,16-17,23,29H,9-10,12-13H2,1-4H3;5-8,11-12,14-15,21H,9-10H2,1-4H3,(H,28,30);3-6,9-10,12,14,20,27H,7-8,13,25H2,1-2H3/t20-,24-;23-;21-;20-/m0000/s1. The van der Waals surface area contributed by atoms with E-state index in [1.807, 2.05) is 190 Å². The van der Waals surface area contributed by atoms with Gasteiger partial charge in [0.25, 0.3) is 0 Å². The van der Waals surface area contributed by atoms with Gasteiger partial charge in [0.1, 0.15) is 67.3 Å². The van der Waals surface area contributed by atoms with Crippen LogP contribution in [0.3, 0.4) is 0 Å². The molecule has 5 heterocycles. The second-order valence-electron chi connectivity index (χ2n) is 34.6. The number of hydrogen-bond acceptors (Lipinski definition) is 25. The van der Waals surface area contributed by atoms with Crippen LogP contribution in [0.2, 0.25) is 0 Å². The Bertz CT molecular complexity index is 6470. The molecular formula is C102H110N16O9S5. The van der Waals surface area contributed by atoms with Gasteiger partial charge in [-0.25, -0.2) is 37.9 Å². The molecule has 1 saturated heterocycles. The van der Waals surface area contributed by atoms with Crippen LogP contribution in [0, 0.1) is 45.3 Å². The molecule has 25 nitrogen and oxygen atoms in total. The fourth-order valence-electron chi connectivity index (χ4n) is 17.1. The van der Waals surface area contributed by atoms with E-state index in [1.54, 1.807) is 69.2 Å². The minimum absolute atomic E-state index is 0.000793. The molecule has 30 heteroatoms. The highest BCUT2D eigenvalue weighted by Gasteiger charge is 2.34. The number of thiazole rings is 4. The summed E-state index contributed by atoms with van der Waals surface area (Å²) in [6.45, 7) is 17.8. The number of nitrogens with two attached hydrogens (primary N) is 1. The first kappa shape index (κ1) is 96.0. The Morgan fingerprint density at radius 2 is 0.803 bits per heavy atom. The highest BCUT2D eigenvalue weighted by molar-refractivity contribution is 7.89. The lowest BCUT2D eigenvalue weighted by Crippen LogP contribution is -2.38. The van der Waals surface area contributed by atoms with Gasteiger partial charge in [0.2, 0.25) is 15.9 Å². The zero-order valence-corrected chi connectivity index (χ0v) is 80.3. The van der Waals surface area contributed by atoms with Crippen molar-refractivity contribution in [2.45, 2.75) is 168 Å². The van der Waals surface area contributed by atoms with E-state index in [9.17, 15) is 44.2 Å². The van der Waals surface area contributed by atoms with Crippen molar-refractivity contribution in [2.24, 2.45) is 5.73 Å². The molecule has 682 valence electrons. The number of carbonyl (C=O) groups excluding carboxylic acids is 2. The predicted molar refractivity (Wildman–Crippen MR) is 523 cm³/mol. The first-order valence-electron chi connectivity index (χ1n) is 44.5. The zero-order valence-electron chi connectivity index (χ0n) is 76.2. The molecule has 8 aromatic carbocycles. The maximum Gasteiger partial charge on any atom is 0.317 e. The van der Waals surface area contributed by atoms with Crippen LogP contribution >= 0.6 is 45.3 Å². The van der Waals surface area contributed by atoms with Gasteiger partial charge in [-0.05, 0) is 267 Å². The quantitative estimate of drug-likeness (QED) is 0.0260. The summed E-state index contributed by atoms with van der Waals surface area (Å²) in [5, 5.41) is 61.2. The number of carbonyl (C=O) groups is 2. The molecule has 12 aromatic rings. The molecule has 0 radical (unpaired) electrons. The van der Waals surface area contributed by atoms with E-state index in [2.05, 4.69) is 119 Å².